The first kappa shape index (κ1) is 31.1. The maximum atomic E-state index is 11.2. The van der Waals surface area contributed by atoms with Gasteiger partial charge in [-0.15, -0.1) is 11.3 Å². The number of carboxylic acids is 1. The van der Waals surface area contributed by atoms with Crippen LogP contribution in [-0.2, 0) is 9.53 Å². The summed E-state index contributed by atoms with van der Waals surface area (Å²) in [6.07, 6.45) is 1.17. The van der Waals surface area contributed by atoms with Crippen molar-refractivity contribution in [1.82, 2.24) is 4.90 Å². The van der Waals surface area contributed by atoms with Crippen molar-refractivity contribution in [3.05, 3.63) is 112 Å². The third-order valence-electron chi connectivity index (χ3n) is 7.39. The van der Waals surface area contributed by atoms with Gasteiger partial charge in [0.05, 0.1) is 19.8 Å². The van der Waals surface area contributed by atoms with Crippen molar-refractivity contribution < 1.29 is 24.1 Å². The molecule has 1 aliphatic rings. The minimum atomic E-state index is -1.01. The number of nitrogens with zero attached hydrogens (tertiary/aromatic N) is 1. The fraction of sp³-hybridized carbons (Fsp3) is 0.270. The lowest BCUT2D eigenvalue weighted by Gasteiger charge is -2.24. The Bertz CT molecular complexity index is 1650. The zero-order valence-electron chi connectivity index (χ0n) is 25.3. The number of hydrogen-bond donors (Lipinski definition) is 1. The minimum absolute atomic E-state index is 0.355. The Hall–Kier alpha value is -4.35. The summed E-state index contributed by atoms with van der Waals surface area (Å²) in [5.41, 5.74) is 6.23. The normalized spacial score (nSPS) is 14.4. The van der Waals surface area contributed by atoms with E-state index >= 15 is 0 Å². The first-order chi connectivity index (χ1) is 21.4. The number of thiophene rings is 1. The van der Waals surface area contributed by atoms with Crippen molar-refractivity contribution in [2.45, 2.75) is 26.9 Å². The molecule has 3 aromatic carbocycles. The minimum Gasteiger partial charge on any atom is -0.489 e. The molecule has 2 heterocycles. The van der Waals surface area contributed by atoms with E-state index in [4.69, 9.17) is 19.3 Å². The van der Waals surface area contributed by atoms with Crippen LogP contribution in [0.1, 0.15) is 34.1 Å². The van der Waals surface area contributed by atoms with Crippen LogP contribution in [0.25, 0.3) is 16.0 Å². The van der Waals surface area contributed by atoms with Gasteiger partial charge < -0.3 is 19.3 Å². The van der Waals surface area contributed by atoms with Gasteiger partial charge in [-0.2, -0.15) is 0 Å². The van der Waals surface area contributed by atoms with E-state index in [2.05, 4.69) is 90.4 Å². The molecule has 44 heavy (non-hydrogen) atoms. The highest BCUT2D eigenvalue weighted by Crippen LogP contribution is 2.31. The Morgan fingerprint density at radius 1 is 1.00 bits per heavy atom. The quantitative estimate of drug-likeness (QED) is 0.194. The van der Waals surface area contributed by atoms with Gasteiger partial charge >= 0.3 is 5.97 Å². The second-order valence-electron chi connectivity index (χ2n) is 10.7. The van der Waals surface area contributed by atoms with Crippen LogP contribution in [-0.4, -0.2) is 61.5 Å². The molecule has 0 spiro atoms. The topological polar surface area (TPSA) is 68.2 Å². The molecule has 4 aromatic rings. The number of benzene rings is 3. The summed E-state index contributed by atoms with van der Waals surface area (Å²) < 4.78 is 17.1. The Kier molecular flexibility index (Phi) is 10.5. The molecule has 1 saturated heterocycles. The fourth-order valence-corrected chi connectivity index (χ4v) is 5.73. The van der Waals surface area contributed by atoms with Crippen LogP contribution < -0.4 is 9.47 Å². The highest BCUT2D eigenvalue weighted by molar-refractivity contribution is 7.15. The maximum absolute atomic E-state index is 11.2. The van der Waals surface area contributed by atoms with Crippen LogP contribution in [0.4, 0.5) is 0 Å². The number of ether oxygens (including phenoxy) is 3. The highest BCUT2D eigenvalue weighted by atomic mass is 32.1. The van der Waals surface area contributed by atoms with E-state index in [1.54, 1.807) is 23.5 Å². The molecule has 0 bridgehead atoms. The summed E-state index contributed by atoms with van der Waals surface area (Å²) in [6.45, 7) is 10.0. The Labute approximate surface area is 263 Å². The molecule has 1 N–H and O–H groups in total. The van der Waals surface area contributed by atoms with E-state index in [9.17, 15) is 4.79 Å². The summed E-state index contributed by atoms with van der Waals surface area (Å²) in [4.78, 5) is 16.0. The number of morpholine rings is 1. The average Bonchev–Trinajstić information content (AvgIpc) is 3.48. The molecule has 6 nitrogen and oxygen atoms in total. The van der Waals surface area contributed by atoms with Crippen LogP contribution in [0.5, 0.6) is 11.5 Å². The molecule has 0 radical (unpaired) electrons. The summed E-state index contributed by atoms with van der Waals surface area (Å²) >= 11 is 1.79. The summed E-state index contributed by atoms with van der Waals surface area (Å²) in [5, 5.41) is 9.15. The van der Waals surface area contributed by atoms with Crippen LogP contribution in [0, 0.1) is 25.7 Å². The molecular formula is C37H37NO5S. The molecular weight excluding hydrogens is 570 g/mol. The fourth-order valence-electron chi connectivity index (χ4n) is 4.86. The lowest BCUT2D eigenvalue weighted by molar-refractivity contribution is -0.144. The smallest absolute Gasteiger partial charge is 0.344 e. The first-order valence-corrected chi connectivity index (χ1v) is 15.6. The van der Waals surface area contributed by atoms with Crippen LogP contribution in [0.2, 0.25) is 0 Å². The van der Waals surface area contributed by atoms with Crippen molar-refractivity contribution in [1.29, 1.82) is 0 Å². The molecule has 1 atom stereocenters. The van der Waals surface area contributed by atoms with Crippen LogP contribution >= 0.6 is 11.3 Å². The van der Waals surface area contributed by atoms with Gasteiger partial charge in [-0.3, -0.25) is 4.90 Å². The van der Waals surface area contributed by atoms with Crippen molar-refractivity contribution >= 4 is 22.9 Å². The molecule has 0 aliphatic carbocycles. The third-order valence-corrected chi connectivity index (χ3v) is 8.44. The average molecular weight is 608 g/mol. The molecule has 1 fully saturated rings. The van der Waals surface area contributed by atoms with Gasteiger partial charge in [0.2, 0.25) is 0 Å². The molecule has 1 aromatic heterocycles. The molecule has 1 unspecified atom stereocenters. The largest absolute Gasteiger partial charge is 0.489 e. The van der Waals surface area contributed by atoms with Gasteiger partial charge in [0.1, 0.15) is 18.1 Å². The van der Waals surface area contributed by atoms with E-state index in [0.29, 0.717) is 18.1 Å². The standard InChI is InChI=1S/C37H37NO5S/c1-26-25-33(15-16-35(26)43-28(3)37(39)40)42-22-18-34(31-11-13-32(14-12-31)36-17-6-27(2)44-36)30-9-7-29(8-10-30)5-4-19-38-20-23-41-24-21-38/h6-18,25,28H,19-24H2,1-3H3,(H,39,40)/b34-18-. The Morgan fingerprint density at radius 2 is 1.70 bits per heavy atom. The van der Waals surface area contributed by atoms with Gasteiger partial charge in [-0.05, 0) is 97.1 Å². The number of hydrogen-bond acceptors (Lipinski definition) is 6. The van der Waals surface area contributed by atoms with Crippen LogP contribution in [0.3, 0.4) is 0 Å². The summed E-state index contributed by atoms with van der Waals surface area (Å²) in [6, 6.07) is 26.7. The molecule has 5 rings (SSSR count). The number of carboxylic acid groups (broad SMARTS) is 1. The van der Waals surface area contributed by atoms with E-state index in [-0.39, 0.29) is 0 Å². The number of aryl methyl sites for hydroxylation is 2. The third kappa shape index (κ3) is 8.39. The maximum Gasteiger partial charge on any atom is 0.344 e. The molecule has 1 aliphatic heterocycles. The highest BCUT2D eigenvalue weighted by Gasteiger charge is 2.14. The predicted molar refractivity (Wildman–Crippen MR) is 177 cm³/mol. The summed E-state index contributed by atoms with van der Waals surface area (Å²) in [5.74, 6) is 6.80. The molecule has 7 heteroatoms. The zero-order chi connectivity index (χ0) is 30.9. The number of aliphatic carboxylic acids is 1. The predicted octanol–water partition coefficient (Wildman–Crippen LogP) is 7.08. The lowest BCUT2D eigenvalue weighted by atomic mass is 9.95. The van der Waals surface area contributed by atoms with Crippen molar-refractivity contribution in [2.24, 2.45) is 0 Å². The van der Waals surface area contributed by atoms with E-state index < -0.39 is 12.1 Å². The molecule has 0 amide bonds. The lowest BCUT2D eigenvalue weighted by Crippen LogP contribution is -2.36. The SMILES string of the molecule is Cc1ccc(-c2ccc(/C(=C\COc3ccc(OC(C)C(=O)O)c(C)c3)c3ccc(C#CCN4CCOCC4)cc3)cc2)s1. The van der Waals surface area contributed by atoms with Crippen molar-refractivity contribution in [3.8, 4) is 33.8 Å². The van der Waals surface area contributed by atoms with E-state index in [0.717, 1.165) is 60.7 Å². The van der Waals surface area contributed by atoms with Crippen molar-refractivity contribution in [2.75, 3.05) is 39.5 Å². The van der Waals surface area contributed by atoms with E-state index in [1.807, 2.05) is 13.0 Å². The number of carbonyl (C=O) groups is 1. The Balaban J connectivity index is 1.34. The zero-order valence-corrected chi connectivity index (χ0v) is 26.2. The second kappa shape index (κ2) is 14.9. The van der Waals surface area contributed by atoms with Gasteiger partial charge in [0.25, 0.3) is 0 Å². The summed E-state index contributed by atoms with van der Waals surface area (Å²) in [7, 11) is 0. The van der Waals surface area contributed by atoms with Crippen molar-refractivity contribution in [3.63, 3.8) is 0 Å². The molecule has 0 saturated carbocycles. The van der Waals surface area contributed by atoms with Gasteiger partial charge in [0, 0.05) is 28.4 Å². The first-order valence-electron chi connectivity index (χ1n) is 14.8. The Morgan fingerprint density at radius 3 is 2.34 bits per heavy atom. The van der Waals surface area contributed by atoms with Crippen LogP contribution in [0.15, 0.2) is 84.9 Å². The van der Waals surface area contributed by atoms with Gasteiger partial charge in [-0.1, -0.05) is 48.2 Å². The van der Waals surface area contributed by atoms with Gasteiger partial charge in [0.15, 0.2) is 6.10 Å². The van der Waals surface area contributed by atoms with Gasteiger partial charge in [-0.25, -0.2) is 4.79 Å². The number of rotatable bonds is 10. The molecule has 226 valence electrons. The second-order valence-corrected chi connectivity index (χ2v) is 12.0. The monoisotopic (exact) mass is 607 g/mol. The van der Waals surface area contributed by atoms with E-state index in [1.165, 1.54) is 22.2 Å².